The fourth-order valence-electron chi connectivity index (χ4n) is 3.32. The largest absolute Gasteiger partial charge is 0.507 e. The first-order valence-corrected chi connectivity index (χ1v) is 12.2. The third-order valence-corrected chi connectivity index (χ3v) is 6.11. The van der Waals surface area contributed by atoms with Gasteiger partial charge in [-0.05, 0) is 65.7 Å². The normalized spacial score (nSPS) is 16.1. The molecule has 0 spiro atoms. The molecular weight excluding hydrogens is 478 g/mol. The molecule has 9 heteroatoms. The summed E-state index contributed by atoms with van der Waals surface area (Å²) in [6.45, 7) is 4.96. The third-order valence-electron chi connectivity index (χ3n) is 5.12. The van der Waals surface area contributed by atoms with Gasteiger partial charge in [0.1, 0.15) is 11.5 Å². The number of ether oxygens (including phenoxy) is 2. The van der Waals surface area contributed by atoms with Gasteiger partial charge in [0.2, 0.25) is 0 Å². The van der Waals surface area contributed by atoms with Crippen LogP contribution in [0.2, 0.25) is 0 Å². The molecule has 4 rings (SSSR count). The number of benzene rings is 2. The van der Waals surface area contributed by atoms with Crippen LogP contribution < -0.4 is 9.47 Å². The van der Waals surface area contributed by atoms with E-state index in [0.29, 0.717) is 45.4 Å². The maximum atomic E-state index is 13.2. The van der Waals surface area contributed by atoms with Gasteiger partial charge < -0.3 is 19.0 Å². The van der Waals surface area contributed by atoms with Crippen molar-refractivity contribution in [3.63, 3.8) is 0 Å². The van der Waals surface area contributed by atoms with Crippen molar-refractivity contribution in [1.29, 1.82) is 0 Å². The molecule has 0 aliphatic carbocycles. The van der Waals surface area contributed by atoms with Crippen molar-refractivity contribution < 1.29 is 23.8 Å². The summed E-state index contributed by atoms with van der Waals surface area (Å²) in [5.41, 5.74) is 1.31. The first-order chi connectivity index (χ1) is 17.4. The van der Waals surface area contributed by atoms with E-state index in [-0.39, 0.29) is 18.2 Å². The van der Waals surface area contributed by atoms with Gasteiger partial charge in [-0.1, -0.05) is 32.0 Å². The molecule has 8 nitrogen and oxygen atoms in total. The van der Waals surface area contributed by atoms with Crippen LogP contribution in [0.1, 0.15) is 30.7 Å². The van der Waals surface area contributed by atoms with Crippen LogP contribution in [0.5, 0.6) is 17.2 Å². The van der Waals surface area contributed by atoms with Crippen molar-refractivity contribution >= 4 is 35.1 Å². The number of hydrogen-bond donors (Lipinski definition) is 1. The molecule has 3 aromatic rings. The monoisotopic (exact) mass is 505 g/mol. The number of rotatable bonds is 9. The average molecular weight is 506 g/mol. The van der Waals surface area contributed by atoms with Crippen molar-refractivity contribution in [1.82, 2.24) is 4.90 Å². The Bertz CT molecular complexity index is 1300. The van der Waals surface area contributed by atoms with Gasteiger partial charge in [-0.15, -0.1) is 5.10 Å². The zero-order valence-corrected chi connectivity index (χ0v) is 21.1. The number of aromatic hydroxyl groups is 1. The summed E-state index contributed by atoms with van der Waals surface area (Å²) in [6.07, 6.45) is 4.78. The molecule has 0 saturated carbocycles. The molecule has 2 heterocycles. The highest BCUT2D eigenvalue weighted by Crippen LogP contribution is 2.35. The number of phenols is 1. The lowest BCUT2D eigenvalue weighted by Crippen LogP contribution is -2.28. The Morgan fingerprint density at radius 2 is 1.97 bits per heavy atom. The predicted molar refractivity (Wildman–Crippen MR) is 141 cm³/mol. The third kappa shape index (κ3) is 6.17. The van der Waals surface area contributed by atoms with Crippen molar-refractivity contribution in [2.24, 2.45) is 16.1 Å². The number of phenolic OH excluding ortho intramolecular Hbond substituents is 1. The molecular formula is C27H27N3O5S. The van der Waals surface area contributed by atoms with Gasteiger partial charge >= 0.3 is 0 Å². The highest BCUT2D eigenvalue weighted by Gasteiger charge is 2.34. The van der Waals surface area contributed by atoms with E-state index in [0.717, 1.165) is 5.56 Å². The number of amides is 1. The standard InChI is InChI=1S/C27H27N3O5S/c1-18(2)17-35-23-11-10-19(13-24(23)33-3)15-28-29-27-30(16-21-8-6-12-34-21)26(32)25(36-27)14-20-7-4-5-9-22(20)31/h4-15,18,31H,16-17H2,1-3H3/b25-14-,28-15+,29-27-. The van der Waals surface area contributed by atoms with Gasteiger partial charge in [0, 0.05) is 5.56 Å². The summed E-state index contributed by atoms with van der Waals surface area (Å²) in [4.78, 5) is 15.1. The SMILES string of the molecule is COc1cc(/C=N/N=C2\S/C(=C\c3ccccc3O)C(=O)N2Cc2ccco2)ccc1OCC(C)C. The second-order valence-corrected chi connectivity index (χ2v) is 9.39. The molecule has 1 N–H and O–H groups in total. The molecule has 1 aromatic heterocycles. The van der Waals surface area contributed by atoms with Crippen molar-refractivity contribution in [2.45, 2.75) is 20.4 Å². The Labute approximate surface area is 213 Å². The zero-order chi connectivity index (χ0) is 25.5. The molecule has 0 unspecified atom stereocenters. The van der Waals surface area contributed by atoms with Crippen LogP contribution in [0.4, 0.5) is 0 Å². The van der Waals surface area contributed by atoms with E-state index in [1.54, 1.807) is 62.1 Å². The number of carbonyl (C=O) groups is 1. The maximum Gasteiger partial charge on any atom is 0.267 e. The topological polar surface area (TPSA) is 96.9 Å². The Morgan fingerprint density at radius 3 is 2.69 bits per heavy atom. The second-order valence-electron chi connectivity index (χ2n) is 8.38. The average Bonchev–Trinajstić information content (AvgIpc) is 3.48. The molecule has 1 fully saturated rings. The molecule has 0 atom stereocenters. The van der Waals surface area contributed by atoms with E-state index in [1.807, 2.05) is 18.2 Å². The Balaban J connectivity index is 1.58. The fourth-order valence-corrected chi connectivity index (χ4v) is 4.24. The van der Waals surface area contributed by atoms with E-state index in [9.17, 15) is 9.90 Å². The second kappa shape index (κ2) is 11.6. The quantitative estimate of drug-likeness (QED) is 0.233. The molecule has 0 bridgehead atoms. The number of thioether (sulfide) groups is 1. The molecule has 1 saturated heterocycles. The van der Waals surface area contributed by atoms with Crippen LogP contribution in [0, 0.1) is 5.92 Å². The van der Waals surface area contributed by atoms with Gasteiger partial charge in [0.25, 0.3) is 5.91 Å². The first kappa shape index (κ1) is 25.1. The van der Waals surface area contributed by atoms with Gasteiger partial charge in [0.05, 0.1) is 37.6 Å². The highest BCUT2D eigenvalue weighted by molar-refractivity contribution is 8.18. The zero-order valence-electron chi connectivity index (χ0n) is 20.2. The smallest absolute Gasteiger partial charge is 0.267 e. The van der Waals surface area contributed by atoms with Gasteiger partial charge in [-0.25, -0.2) is 0 Å². The summed E-state index contributed by atoms with van der Waals surface area (Å²) in [5.74, 6) is 2.12. The Hall–Kier alpha value is -3.98. The Kier molecular flexibility index (Phi) is 8.12. The van der Waals surface area contributed by atoms with Gasteiger partial charge in [-0.3, -0.25) is 9.69 Å². The molecule has 0 radical (unpaired) electrons. The number of methoxy groups -OCH3 is 1. The van der Waals surface area contributed by atoms with E-state index in [4.69, 9.17) is 13.9 Å². The fraction of sp³-hybridized carbons (Fsp3) is 0.222. The van der Waals surface area contributed by atoms with Gasteiger partial charge in [0.15, 0.2) is 16.7 Å². The number of para-hydroxylation sites is 1. The lowest BCUT2D eigenvalue weighted by molar-refractivity contribution is -0.122. The van der Waals surface area contributed by atoms with Crippen LogP contribution in [0.15, 0.2) is 80.4 Å². The maximum absolute atomic E-state index is 13.2. The van der Waals surface area contributed by atoms with Gasteiger partial charge in [-0.2, -0.15) is 5.10 Å². The lowest BCUT2D eigenvalue weighted by atomic mass is 10.2. The van der Waals surface area contributed by atoms with Crippen molar-refractivity contribution in [2.75, 3.05) is 13.7 Å². The van der Waals surface area contributed by atoms with E-state index in [1.165, 1.54) is 16.7 Å². The minimum absolute atomic E-state index is 0.0918. The summed E-state index contributed by atoms with van der Waals surface area (Å²) in [6, 6.07) is 15.9. The molecule has 1 aliphatic heterocycles. The Morgan fingerprint density at radius 1 is 1.14 bits per heavy atom. The van der Waals surface area contributed by atoms with Crippen LogP contribution in [0.25, 0.3) is 6.08 Å². The summed E-state index contributed by atoms with van der Waals surface area (Å²) < 4.78 is 16.7. The van der Waals surface area contributed by atoms with E-state index in [2.05, 4.69) is 24.1 Å². The first-order valence-electron chi connectivity index (χ1n) is 11.4. The van der Waals surface area contributed by atoms with E-state index >= 15 is 0 Å². The van der Waals surface area contributed by atoms with Crippen molar-refractivity contribution in [3.8, 4) is 17.2 Å². The summed E-state index contributed by atoms with van der Waals surface area (Å²) in [5, 5.41) is 19.1. The predicted octanol–water partition coefficient (Wildman–Crippen LogP) is 5.54. The van der Waals surface area contributed by atoms with E-state index < -0.39 is 0 Å². The summed E-state index contributed by atoms with van der Waals surface area (Å²) in [7, 11) is 1.59. The van der Waals surface area contributed by atoms with Crippen LogP contribution >= 0.6 is 11.8 Å². The molecule has 186 valence electrons. The lowest BCUT2D eigenvalue weighted by Gasteiger charge is -2.13. The minimum atomic E-state index is -0.248. The number of nitrogens with zero attached hydrogens (tertiary/aromatic N) is 3. The number of hydrogen-bond acceptors (Lipinski definition) is 8. The molecule has 1 aliphatic rings. The van der Waals surface area contributed by atoms with Crippen LogP contribution in [-0.4, -0.2) is 41.0 Å². The molecule has 36 heavy (non-hydrogen) atoms. The molecule has 2 aromatic carbocycles. The van der Waals surface area contributed by atoms with Crippen LogP contribution in [0.3, 0.4) is 0 Å². The highest BCUT2D eigenvalue weighted by atomic mass is 32.2. The minimum Gasteiger partial charge on any atom is -0.507 e. The van der Waals surface area contributed by atoms with Crippen molar-refractivity contribution in [3.05, 3.63) is 82.7 Å². The number of amidine groups is 1. The summed E-state index contributed by atoms with van der Waals surface area (Å²) >= 11 is 1.18. The molecule has 1 amide bonds. The number of furan rings is 1. The number of carbonyl (C=O) groups excluding carboxylic acids is 1. The van der Waals surface area contributed by atoms with Crippen LogP contribution in [-0.2, 0) is 11.3 Å².